The number of nitrogens with one attached hydrogen (secondary N) is 1. The van der Waals surface area contributed by atoms with Crippen LogP contribution in [-0.4, -0.2) is 14.3 Å². The highest BCUT2D eigenvalue weighted by atomic mass is 32.2. The monoisotopic (exact) mass is 314 g/mol. The molecule has 0 unspecified atom stereocenters. The smallest absolute Gasteiger partial charge is 0.266 e. The summed E-state index contributed by atoms with van der Waals surface area (Å²) < 4.78 is 35.9. The molecule has 2 rings (SSSR count). The molecule has 1 aromatic heterocycles. The zero-order valence-electron chi connectivity index (χ0n) is 10.4. The van der Waals surface area contributed by atoms with E-state index in [1.807, 2.05) is 0 Å². The summed E-state index contributed by atoms with van der Waals surface area (Å²) in [7, 11) is -3.97. The molecule has 5 nitrogen and oxygen atoms in total. The summed E-state index contributed by atoms with van der Waals surface area (Å²) >= 11 is 1.24. The van der Waals surface area contributed by atoms with Gasteiger partial charge in [0.2, 0.25) is 10.0 Å². The SMILES string of the molecule is Cc1ccsc1C(=O)Nc1ccc(S(N)(=O)=O)cc1F. The first kappa shape index (κ1) is 14.6. The van der Waals surface area contributed by atoms with Crippen LogP contribution in [-0.2, 0) is 10.0 Å². The maximum atomic E-state index is 13.8. The molecule has 0 aliphatic rings. The van der Waals surface area contributed by atoms with Crippen molar-refractivity contribution in [3.8, 4) is 0 Å². The minimum absolute atomic E-state index is 0.102. The normalized spacial score (nSPS) is 11.3. The Hall–Kier alpha value is -1.77. The van der Waals surface area contributed by atoms with E-state index in [0.29, 0.717) is 4.88 Å². The Labute approximate surface area is 119 Å². The van der Waals surface area contributed by atoms with Gasteiger partial charge < -0.3 is 5.32 Å². The van der Waals surface area contributed by atoms with E-state index in [2.05, 4.69) is 5.32 Å². The molecule has 8 heteroatoms. The van der Waals surface area contributed by atoms with E-state index in [1.54, 1.807) is 18.4 Å². The summed E-state index contributed by atoms with van der Waals surface area (Å²) in [5.74, 6) is -1.31. The molecular formula is C12H11FN2O3S2. The third-order valence-electron chi connectivity index (χ3n) is 2.59. The zero-order chi connectivity index (χ0) is 14.9. The van der Waals surface area contributed by atoms with Crippen molar-refractivity contribution < 1.29 is 17.6 Å². The van der Waals surface area contributed by atoms with E-state index in [4.69, 9.17) is 5.14 Å². The van der Waals surface area contributed by atoms with Crippen LogP contribution in [0.25, 0.3) is 0 Å². The number of aryl methyl sites for hydroxylation is 1. The number of rotatable bonds is 3. The zero-order valence-corrected chi connectivity index (χ0v) is 12.0. The first-order valence-electron chi connectivity index (χ1n) is 5.47. The highest BCUT2D eigenvalue weighted by Gasteiger charge is 2.15. The molecule has 0 spiro atoms. The Kier molecular flexibility index (Phi) is 3.89. The molecule has 1 heterocycles. The predicted molar refractivity (Wildman–Crippen MR) is 74.8 cm³/mol. The van der Waals surface area contributed by atoms with Crippen LogP contribution in [0.1, 0.15) is 15.2 Å². The lowest BCUT2D eigenvalue weighted by Gasteiger charge is -2.07. The minimum Gasteiger partial charge on any atom is -0.319 e. The second-order valence-corrected chi connectivity index (χ2v) is 6.55. The summed E-state index contributed by atoms with van der Waals surface area (Å²) in [5.41, 5.74) is 0.685. The Morgan fingerprint density at radius 2 is 2.05 bits per heavy atom. The molecule has 0 atom stereocenters. The Morgan fingerprint density at radius 1 is 1.35 bits per heavy atom. The van der Waals surface area contributed by atoms with Crippen LogP contribution in [0, 0.1) is 12.7 Å². The summed E-state index contributed by atoms with van der Waals surface area (Å²) in [6.07, 6.45) is 0. The lowest BCUT2D eigenvalue weighted by molar-refractivity contribution is 0.102. The van der Waals surface area contributed by atoms with Crippen molar-refractivity contribution in [3.05, 3.63) is 45.9 Å². The fourth-order valence-electron chi connectivity index (χ4n) is 1.56. The molecule has 3 N–H and O–H groups in total. The first-order valence-corrected chi connectivity index (χ1v) is 7.89. The average Bonchev–Trinajstić information content (AvgIpc) is 2.76. The van der Waals surface area contributed by atoms with Gasteiger partial charge in [-0.3, -0.25) is 4.79 Å². The fourth-order valence-corrected chi connectivity index (χ4v) is 2.90. The van der Waals surface area contributed by atoms with Crippen LogP contribution in [0.2, 0.25) is 0 Å². The van der Waals surface area contributed by atoms with Crippen LogP contribution in [0.3, 0.4) is 0 Å². The van der Waals surface area contributed by atoms with Gasteiger partial charge in [0, 0.05) is 0 Å². The maximum Gasteiger partial charge on any atom is 0.266 e. The van der Waals surface area contributed by atoms with Crippen LogP contribution in [0.5, 0.6) is 0 Å². The number of nitrogens with two attached hydrogens (primary N) is 1. The van der Waals surface area contributed by atoms with Crippen molar-refractivity contribution in [2.45, 2.75) is 11.8 Å². The summed E-state index contributed by atoms with van der Waals surface area (Å²) in [4.78, 5) is 12.0. The van der Waals surface area contributed by atoms with E-state index in [1.165, 1.54) is 11.3 Å². The second kappa shape index (κ2) is 5.31. The summed E-state index contributed by atoms with van der Waals surface area (Å²) in [5, 5.41) is 9.04. The molecule has 0 saturated carbocycles. The van der Waals surface area contributed by atoms with Crippen LogP contribution in [0.4, 0.5) is 10.1 Å². The number of benzene rings is 1. The number of primary sulfonamides is 1. The molecule has 0 aliphatic heterocycles. The average molecular weight is 314 g/mol. The van der Waals surface area contributed by atoms with Gasteiger partial charge in [-0.2, -0.15) is 0 Å². The number of anilines is 1. The lowest BCUT2D eigenvalue weighted by atomic mass is 10.2. The van der Waals surface area contributed by atoms with Gasteiger partial charge >= 0.3 is 0 Å². The number of amides is 1. The van der Waals surface area contributed by atoms with Crippen molar-refractivity contribution in [1.29, 1.82) is 0 Å². The minimum atomic E-state index is -3.97. The van der Waals surface area contributed by atoms with E-state index in [0.717, 1.165) is 23.8 Å². The highest BCUT2D eigenvalue weighted by molar-refractivity contribution is 7.89. The maximum absolute atomic E-state index is 13.8. The third kappa shape index (κ3) is 3.03. The molecule has 0 bridgehead atoms. The molecular weight excluding hydrogens is 303 g/mol. The number of carbonyl (C=O) groups excluding carboxylic acids is 1. The molecule has 20 heavy (non-hydrogen) atoms. The molecule has 1 amide bonds. The largest absolute Gasteiger partial charge is 0.319 e. The van der Waals surface area contributed by atoms with Crippen molar-refractivity contribution in [2.24, 2.45) is 5.14 Å². The third-order valence-corrected chi connectivity index (χ3v) is 4.51. The summed E-state index contributed by atoms with van der Waals surface area (Å²) in [6, 6.07) is 4.84. The topological polar surface area (TPSA) is 89.3 Å². The van der Waals surface area contributed by atoms with Gasteiger partial charge in [-0.15, -0.1) is 11.3 Å². The van der Waals surface area contributed by atoms with Gasteiger partial charge in [0.15, 0.2) is 0 Å². The molecule has 0 radical (unpaired) electrons. The van der Waals surface area contributed by atoms with Crippen molar-refractivity contribution in [3.63, 3.8) is 0 Å². The Bertz CT molecular complexity index is 769. The molecule has 0 aliphatic carbocycles. The molecule has 106 valence electrons. The van der Waals surface area contributed by atoms with Gasteiger partial charge in [0.05, 0.1) is 15.5 Å². The van der Waals surface area contributed by atoms with E-state index < -0.39 is 21.7 Å². The predicted octanol–water partition coefficient (Wildman–Crippen LogP) is 2.10. The summed E-state index contributed by atoms with van der Waals surface area (Å²) in [6.45, 7) is 1.77. The first-order chi connectivity index (χ1) is 9.29. The fraction of sp³-hybridized carbons (Fsp3) is 0.0833. The standard InChI is InChI=1S/C12H11FN2O3S2/c1-7-4-5-19-11(7)12(16)15-10-3-2-8(6-9(10)13)20(14,17)18/h2-6H,1H3,(H,15,16)(H2,14,17,18). The van der Waals surface area contributed by atoms with Crippen molar-refractivity contribution in [2.75, 3.05) is 5.32 Å². The van der Waals surface area contributed by atoms with E-state index >= 15 is 0 Å². The van der Waals surface area contributed by atoms with E-state index in [-0.39, 0.29) is 10.6 Å². The molecule has 1 aromatic carbocycles. The number of halogens is 1. The van der Waals surface area contributed by atoms with Crippen LogP contribution >= 0.6 is 11.3 Å². The lowest BCUT2D eigenvalue weighted by Crippen LogP contribution is -2.15. The van der Waals surface area contributed by atoms with Gasteiger partial charge in [0.25, 0.3) is 5.91 Å². The molecule has 0 fully saturated rings. The number of hydrogen-bond acceptors (Lipinski definition) is 4. The molecule has 2 aromatic rings. The van der Waals surface area contributed by atoms with Gasteiger partial charge in [0.1, 0.15) is 5.82 Å². The van der Waals surface area contributed by atoms with Crippen molar-refractivity contribution >= 4 is 33.0 Å². The van der Waals surface area contributed by atoms with E-state index in [9.17, 15) is 17.6 Å². The Morgan fingerprint density at radius 3 is 2.55 bits per heavy atom. The van der Waals surface area contributed by atoms with Crippen molar-refractivity contribution in [1.82, 2.24) is 0 Å². The number of sulfonamides is 1. The number of carbonyl (C=O) groups is 1. The number of thiophene rings is 1. The number of hydrogen-bond donors (Lipinski definition) is 2. The Balaban J connectivity index is 2.27. The highest BCUT2D eigenvalue weighted by Crippen LogP contribution is 2.21. The van der Waals surface area contributed by atoms with Gasteiger partial charge in [-0.1, -0.05) is 0 Å². The quantitative estimate of drug-likeness (QED) is 0.909. The van der Waals surface area contributed by atoms with Gasteiger partial charge in [-0.05, 0) is 42.1 Å². The van der Waals surface area contributed by atoms with Crippen LogP contribution in [0.15, 0.2) is 34.5 Å². The second-order valence-electron chi connectivity index (χ2n) is 4.07. The molecule has 0 saturated heterocycles. The van der Waals surface area contributed by atoms with Crippen LogP contribution < -0.4 is 10.5 Å². The van der Waals surface area contributed by atoms with Gasteiger partial charge in [-0.25, -0.2) is 17.9 Å².